The molecule has 1 aliphatic heterocycles. The normalized spacial score (nSPS) is 16.4. The number of likely N-dealkylation sites (tertiary alicyclic amines) is 1. The van der Waals surface area contributed by atoms with Gasteiger partial charge in [-0.3, -0.25) is 4.90 Å². The first-order chi connectivity index (χ1) is 9.75. The fourth-order valence-corrected chi connectivity index (χ4v) is 2.49. The minimum absolute atomic E-state index is 0.473. The van der Waals surface area contributed by atoms with Crippen molar-refractivity contribution in [2.75, 3.05) is 39.2 Å². The highest BCUT2D eigenvalue weighted by atomic mass is 16.5. The van der Waals surface area contributed by atoms with E-state index in [4.69, 9.17) is 15.9 Å². The van der Waals surface area contributed by atoms with E-state index < -0.39 is 0 Å². The summed E-state index contributed by atoms with van der Waals surface area (Å²) in [5.41, 5.74) is 1.04. The van der Waals surface area contributed by atoms with Crippen LogP contribution in [0.15, 0.2) is 18.2 Å². The monoisotopic (exact) mass is 274 g/mol. The predicted octanol–water partition coefficient (Wildman–Crippen LogP) is 2.21. The van der Waals surface area contributed by atoms with Crippen molar-refractivity contribution in [3.05, 3.63) is 18.2 Å². The Morgan fingerprint density at radius 2 is 1.80 bits per heavy atom. The number of benzene rings is 1. The first kappa shape index (κ1) is 14.5. The Kier molecular flexibility index (Phi) is 5.14. The summed E-state index contributed by atoms with van der Waals surface area (Å²) >= 11 is 0. The van der Waals surface area contributed by atoms with Crippen LogP contribution in [0.2, 0.25) is 0 Å². The second-order valence-electron chi connectivity index (χ2n) is 5.00. The molecule has 0 saturated carbocycles. The van der Waals surface area contributed by atoms with Gasteiger partial charge in [-0.05, 0) is 12.8 Å². The van der Waals surface area contributed by atoms with Crippen molar-refractivity contribution in [1.29, 1.82) is 0 Å². The maximum atomic E-state index is 5.35. The molecule has 0 unspecified atom stereocenters. The van der Waals surface area contributed by atoms with Gasteiger partial charge in [0.25, 0.3) is 0 Å². The highest BCUT2D eigenvalue weighted by Gasteiger charge is 2.18. The highest BCUT2D eigenvalue weighted by molar-refractivity contribution is 5.54. The zero-order chi connectivity index (χ0) is 14.4. The Hall–Kier alpha value is -1.86. The van der Waals surface area contributed by atoms with Gasteiger partial charge in [0, 0.05) is 43.0 Å². The number of terminal acetylenes is 1. The van der Waals surface area contributed by atoms with E-state index >= 15 is 0 Å². The predicted molar refractivity (Wildman–Crippen MR) is 81.5 cm³/mol. The largest absolute Gasteiger partial charge is 0.497 e. The number of hydrogen-bond donors (Lipinski definition) is 1. The number of nitrogens with one attached hydrogen (secondary N) is 1. The van der Waals surface area contributed by atoms with Gasteiger partial charge in [-0.2, -0.15) is 0 Å². The standard InChI is InChI=1S/C16H22N2O2/c1-4-7-18-8-5-13(6-9-18)17-14-10-15(19-2)12-16(11-14)20-3/h1,10-13,17H,5-9H2,2-3H3. The Labute approximate surface area is 121 Å². The molecule has 0 radical (unpaired) electrons. The molecular weight excluding hydrogens is 252 g/mol. The van der Waals surface area contributed by atoms with Crippen molar-refractivity contribution in [3.63, 3.8) is 0 Å². The second kappa shape index (κ2) is 7.06. The van der Waals surface area contributed by atoms with Crippen molar-refractivity contribution in [1.82, 2.24) is 4.90 Å². The second-order valence-corrected chi connectivity index (χ2v) is 5.00. The minimum Gasteiger partial charge on any atom is -0.497 e. The van der Waals surface area contributed by atoms with Gasteiger partial charge in [-0.15, -0.1) is 6.42 Å². The smallest absolute Gasteiger partial charge is 0.124 e. The first-order valence-electron chi connectivity index (χ1n) is 6.90. The van der Waals surface area contributed by atoms with Gasteiger partial charge in [-0.1, -0.05) is 5.92 Å². The van der Waals surface area contributed by atoms with Gasteiger partial charge < -0.3 is 14.8 Å². The van der Waals surface area contributed by atoms with Gasteiger partial charge in [0.05, 0.1) is 20.8 Å². The van der Waals surface area contributed by atoms with E-state index in [9.17, 15) is 0 Å². The molecule has 1 saturated heterocycles. The minimum atomic E-state index is 0.473. The fraction of sp³-hybridized carbons (Fsp3) is 0.500. The number of rotatable bonds is 5. The summed E-state index contributed by atoms with van der Waals surface area (Å²) < 4.78 is 10.6. The quantitative estimate of drug-likeness (QED) is 0.835. The molecule has 1 heterocycles. The van der Waals surface area contributed by atoms with Crippen LogP contribution in [-0.2, 0) is 0 Å². The molecule has 1 N–H and O–H groups in total. The van der Waals surface area contributed by atoms with Crippen molar-refractivity contribution < 1.29 is 9.47 Å². The van der Waals surface area contributed by atoms with Crippen LogP contribution < -0.4 is 14.8 Å². The van der Waals surface area contributed by atoms with E-state index in [1.807, 2.05) is 18.2 Å². The van der Waals surface area contributed by atoms with Gasteiger partial charge in [-0.25, -0.2) is 0 Å². The van der Waals surface area contributed by atoms with Gasteiger partial charge >= 0.3 is 0 Å². The SMILES string of the molecule is C#CCN1CCC(Nc2cc(OC)cc(OC)c2)CC1. The molecule has 1 aromatic carbocycles. The number of anilines is 1. The van der Waals surface area contributed by atoms with Crippen LogP contribution in [0.4, 0.5) is 5.69 Å². The molecule has 0 atom stereocenters. The number of nitrogens with zero attached hydrogens (tertiary/aromatic N) is 1. The van der Waals surface area contributed by atoms with Crippen LogP contribution in [0, 0.1) is 12.3 Å². The molecule has 0 amide bonds. The summed E-state index contributed by atoms with van der Waals surface area (Å²) in [6.07, 6.45) is 7.54. The van der Waals surface area contributed by atoms with Gasteiger partial charge in [0.2, 0.25) is 0 Å². The fourth-order valence-electron chi connectivity index (χ4n) is 2.49. The van der Waals surface area contributed by atoms with Crippen LogP contribution in [0.1, 0.15) is 12.8 Å². The van der Waals surface area contributed by atoms with Gasteiger partial charge in [0.15, 0.2) is 0 Å². The summed E-state index contributed by atoms with van der Waals surface area (Å²) in [7, 11) is 3.33. The maximum absolute atomic E-state index is 5.35. The number of hydrogen-bond acceptors (Lipinski definition) is 4. The number of methoxy groups -OCH3 is 2. The van der Waals surface area contributed by atoms with Crippen molar-refractivity contribution in [2.24, 2.45) is 0 Å². The molecule has 1 aliphatic rings. The van der Waals surface area contributed by atoms with Crippen LogP contribution in [0.25, 0.3) is 0 Å². The summed E-state index contributed by atoms with van der Waals surface area (Å²) in [5, 5.41) is 3.55. The van der Waals surface area contributed by atoms with Crippen LogP contribution >= 0.6 is 0 Å². The Balaban J connectivity index is 1.95. The lowest BCUT2D eigenvalue weighted by Gasteiger charge is -2.31. The third-order valence-corrected chi connectivity index (χ3v) is 3.62. The lowest BCUT2D eigenvalue weighted by molar-refractivity contribution is 0.243. The first-order valence-corrected chi connectivity index (χ1v) is 6.90. The molecule has 1 fully saturated rings. The molecule has 4 heteroatoms. The molecule has 0 spiro atoms. The van der Waals surface area contributed by atoms with E-state index in [2.05, 4.69) is 16.1 Å². The number of piperidine rings is 1. The third kappa shape index (κ3) is 3.82. The average molecular weight is 274 g/mol. The zero-order valence-corrected chi connectivity index (χ0v) is 12.2. The highest BCUT2D eigenvalue weighted by Crippen LogP contribution is 2.27. The van der Waals surface area contributed by atoms with Gasteiger partial charge in [0.1, 0.15) is 11.5 Å². The maximum Gasteiger partial charge on any atom is 0.124 e. The Morgan fingerprint density at radius 1 is 1.20 bits per heavy atom. The van der Waals surface area contributed by atoms with Crippen molar-refractivity contribution in [3.8, 4) is 23.8 Å². The van der Waals surface area contributed by atoms with E-state index in [0.29, 0.717) is 6.04 Å². The van der Waals surface area contributed by atoms with E-state index in [1.165, 1.54) is 0 Å². The van der Waals surface area contributed by atoms with E-state index in [0.717, 1.165) is 49.7 Å². The zero-order valence-electron chi connectivity index (χ0n) is 12.2. The molecule has 4 nitrogen and oxygen atoms in total. The summed E-state index contributed by atoms with van der Waals surface area (Å²) in [6.45, 7) is 2.84. The molecule has 1 aromatic rings. The van der Waals surface area contributed by atoms with Crippen LogP contribution in [0.5, 0.6) is 11.5 Å². The molecule has 0 bridgehead atoms. The molecule has 0 aromatic heterocycles. The Bertz CT molecular complexity index is 452. The van der Waals surface area contributed by atoms with Crippen LogP contribution in [0.3, 0.4) is 0 Å². The van der Waals surface area contributed by atoms with Crippen molar-refractivity contribution >= 4 is 5.69 Å². The summed E-state index contributed by atoms with van der Waals surface area (Å²) in [5.74, 6) is 4.31. The van der Waals surface area contributed by atoms with Crippen LogP contribution in [-0.4, -0.2) is 44.8 Å². The van der Waals surface area contributed by atoms with Crippen molar-refractivity contribution in [2.45, 2.75) is 18.9 Å². The molecule has 0 aliphatic carbocycles. The summed E-state index contributed by atoms with van der Waals surface area (Å²) in [4.78, 5) is 2.31. The molecule has 108 valence electrons. The van der Waals surface area contributed by atoms with E-state index in [-0.39, 0.29) is 0 Å². The topological polar surface area (TPSA) is 33.7 Å². The molecule has 20 heavy (non-hydrogen) atoms. The number of ether oxygens (including phenoxy) is 2. The third-order valence-electron chi connectivity index (χ3n) is 3.62. The Morgan fingerprint density at radius 3 is 2.30 bits per heavy atom. The molecule has 2 rings (SSSR count). The van der Waals surface area contributed by atoms with E-state index in [1.54, 1.807) is 14.2 Å². The lowest BCUT2D eigenvalue weighted by atomic mass is 10.0. The molecular formula is C16H22N2O2. The average Bonchev–Trinajstić information content (AvgIpc) is 2.49. The summed E-state index contributed by atoms with van der Waals surface area (Å²) in [6, 6.07) is 6.34. The lowest BCUT2D eigenvalue weighted by Crippen LogP contribution is -2.39.